The van der Waals surface area contributed by atoms with Gasteiger partial charge in [-0.25, -0.2) is 0 Å². The Morgan fingerprint density at radius 1 is 1.60 bits per heavy atom. The van der Waals surface area contributed by atoms with Gasteiger partial charge in [-0.1, -0.05) is 6.07 Å². The van der Waals surface area contributed by atoms with Crippen LogP contribution in [0.2, 0.25) is 0 Å². The van der Waals surface area contributed by atoms with Gasteiger partial charge in [-0.05, 0) is 24.6 Å². The SMILES string of the molecule is C#CCCNC(=O)c1ccc(C)c(O)c1. The first-order chi connectivity index (χ1) is 7.15. The van der Waals surface area contributed by atoms with Crippen LogP contribution in [0.3, 0.4) is 0 Å². The third-order valence-corrected chi connectivity index (χ3v) is 2.03. The number of aromatic hydroxyl groups is 1. The molecule has 1 aromatic rings. The summed E-state index contributed by atoms with van der Waals surface area (Å²) in [5.41, 5.74) is 1.19. The van der Waals surface area contributed by atoms with Gasteiger partial charge in [-0.2, -0.15) is 0 Å². The number of hydrogen-bond donors (Lipinski definition) is 2. The summed E-state index contributed by atoms with van der Waals surface area (Å²) in [6.45, 7) is 2.22. The van der Waals surface area contributed by atoms with Gasteiger partial charge >= 0.3 is 0 Å². The molecule has 0 heterocycles. The largest absolute Gasteiger partial charge is 0.508 e. The predicted octanol–water partition coefficient (Wildman–Crippen LogP) is 1.45. The van der Waals surface area contributed by atoms with Crippen molar-refractivity contribution >= 4 is 5.91 Å². The van der Waals surface area contributed by atoms with E-state index in [9.17, 15) is 9.90 Å². The highest BCUT2D eigenvalue weighted by Gasteiger charge is 2.06. The molecule has 1 amide bonds. The Morgan fingerprint density at radius 2 is 2.33 bits per heavy atom. The number of hydrogen-bond acceptors (Lipinski definition) is 2. The highest BCUT2D eigenvalue weighted by atomic mass is 16.3. The van der Waals surface area contributed by atoms with E-state index in [0.29, 0.717) is 18.5 Å². The number of nitrogens with one attached hydrogen (secondary N) is 1. The summed E-state index contributed by atoms with van der Waals surface area (Å²) in [7, 11) is 0. The molecule has 0 fully saturated rings. The first-order valence-electron chi connectivity index (χ1n) is 4.66. The second-order valence-electron chi connectivity index (χ2n) is 3.21. The van der Waals surface area contributed by atoms with Gasteiger partial charge in [0.2, 0.25) is 0 Å². The molecule has 0 radical (unpaired) electrons. The van der Waals surface area contributed by atoms with Gasteiger partial charge in [0.25, 0.3) is 5.91 Å². The first kappa shape index (κ1) is 11.1. The van der Waals surface area contributed by atoms with Crippen molar-refractivity contribution in [1.29, 1.82) is 0 Å². The van der Waals surface area contributed by atoms with Crippen molar-refractivity contribution in [3.63, 3.8) is 0 Å². The predicted molar refractivity (Wildman–Crippen MR) is 58.6 cm³/mol. The van der Waals surface area contributed by atoms with Gasteiger partial charge in [0.05, 0.1) is 0 Å². The Bertz CT molecular complexity index is 405. The summed E-state index contributed by atoms with van der Waals surface area (Å²) in [5.74, 6) is 2.33. The summed E-state index contributed by atoms with van der Waals surface area (Å²) in [4.78, 5) is 11.5. The molecule has 78 valence electrons. The molecule has 0 aliphatic heterocycles. The van der Waals surface area contributed by atoms with Crippen LogP contribution in [0.25, 0.3) is 0 Å². The second-order valence-corrected chi connectivity index (χ2v) is 3.21. The van der Waals surface area contributed by atoms with Crippen LogP contribution in [0.5, 0.6) is 5.75 Å². The maximum atomic E-state index is 11.5. The van der Waals surface area contributed by atoms with E-state index in [1.165, 1.54) is 6.07 Å². The summed E-state index contributed by atoms with van der Waals surface area (Å²) in [5, 5.41) is 12.1. The maximum Gasteiger partial charge on any atom is 0.251 e. The number of carbonyl (C=O) groups is 1. The van der Waals surface area contributed by atoms with E-state index in [1.54, 1.807) is 19.1 Å². The summed E-state index contributed by atoms with van der Waals surface area (Å²) in [6.07, 6.45) is 5.56. The minimum absolute atomic E-state index is 0.125. The number of carbonyl (C=O) groups excluding carboxylic acids is 1. The Balaban J connectivity index is 2.67. The van der Waals surface area contributed by atoms with Crippen LogP contribution in [0, 0.1) is 19.3 Å². The zero-order chi connectivity index (χ0) is 11.3. The molecule has 0 spiro atoms. The lowest BCUT2D eigenvalue weighted by atomic mass is 10.1. The van der Waals surface area contributed by atoms with Crippen LogP contribution in [0.1, 0.15) is 22.3 Å². The summed E-state index contributed by atoms with van der Waals surface area (Å²) >= 11 is 0. The van der Waals surface area contributed by atoms with Crippen molar-refractivity contribution < 1.29 is 9.90 Å². The Morgan fingerprint density at radius 3 is 2.93 bits per heavy atom. The molecule has 1 rings (SSSR count). The van der Waals surface area contributed by atoms with Gasteiger partial charge in [-0.3, -0.25) is 4.79 Å². The van der Waals surface area contributed by atoms with Crippen molar-refractivity contribution in [2.45, 2.75) is 13.3 Å². The van der Waals surface area contributed by atoms with Crippen LogP contribution in [0.15, 0.2) is 18.2 Å². The van der Waals surface area contributed by atoms with Crippen molar-refractivity contribution in [1.82, 2.24) is 5.32 Å². The van der Waals surface area contributed by atoms with Crippen molar-refractivity contribution in [2.75, 3.05) is 6.54 Å². The fourth-order valence-electron chi connectivity index (χ4n) is 1.10. The molecule has 0 aliphatic rings. The number of amides is 1. The standard InChI is InChI=1S/C12H13NO2/c1-3-4-7-13-12(15)10-6-5-9(2)11(14)8-10/h1,5-6,8,14H,4,7H2,2H3,(H,13,15). The maximum absolute atomic E-state index is 11.5. The summed E-state index contributed by atoms with van der Waals surface area (Å²) in [6, 6.07) is 4.81. The monoisotopic (exact) mass is 203 g/mol. The Labute approximate surface area is 89.1 Å². The highest BCUT2D eigenvalue weighted by molar-refractivity contribution is 5.94. The lowest BCUT2D eigenvalue weighted by Crippen LogP contribution is -2.24. The average molecular weight is 203 g/mol. The fourth-order valence-corrected chi connectivity index (χ4v) is 1.10. The van der Waals surface area contributed by atoms with Crippen LogP contribution >= 0.6 is 0 Å². The molecule has 0 aromatic heterocycles. The molecule has 0 unspecified atom stereocenters. The molecular formula is C12H13NO2. The van der Waals surface area contributed by atoms with Gasteiger partial charge in [0.15, 0.2) is 0 Å². The lowest BCUT2D eigenvalue weighted by molar-refractivity contribution is 0.0954. The first-order valence-corrected chi connectivity index (χ1v) is 4.66. The fraction of sp³-hybridized carbons (Fsp3) is 0.250. The van der Waals surface area contributed by atoms with E-state index in [0.717, 1.165) is 5.56 Å². The number of phenols is 1. The highest BCUT2D eigenvalue weighted by Crippen LogP contribution is 2.17. The van der Waals surface area contributed by atoms with Crippen LogP contribution in [0.4, 0.5) is 0 Å². The molecule has 2 N–H and O–H groups in total. The number of terminal acetylenes is 1. The Hall–Kier alpha value is -1.95. The molecule has 0 saturated carbocycles. The van der Waals surface area contributed by atoms with E-state index >= 15 is 0 Å². The summed E-state index contributed by atoms with van der Waals surface area (Å²) < 4.78 is 0. The molecule has 0 atom stereocenters. The normalized spacial score (nSPS) is 9.33. The molecule has 0 saturated heterocycles. The van der Waals surface area contributed by atoms with E-state index in [2.05, 4.69) is 11.2 Å². The minimum atomic E-state index is -0.222. The number of benzene rings is 1. The van der Waals surface area contributed by atoms with Gasteiger partial charge in [0.1, 0.15) is 5.75 Å². The quantitative estimate of drug-likeness (QED) is 0.577. The van der Waals surface area contributed by atoms with Crippen LogP contribution < -0.4 is 5.32 Å². The molecule has 3 heteroatoms. The zero-order valence-corrected chi connectivity index (χ0v) is 8.58. The molecular weight excluding hydrogens is 190 g/mol. The number of rotatable bonds is 3. The van der Waals surface area contributed by atoms with E-state index in [-0.39, 0.29) is 11.7 Å². The average Bonchev–Trinajstić information content (AvgIpc) is 2.22. The number of aryl methyl sites for hydroxylation is 1. The van der Waals surface area contributed by atoms with Crippen LogP contribution in [-0.4, -0.2) is 17.6 Å². The van der Waals surface area contributed by atoms with Crippen molar-refractivity contribution in [2.24, 2.45) is 0 Å². The van der Waals surface area contributed by atoms with Gasteiger partial charge < -0.3 is 10.4 Å². The second kappa shape index (κ2) is 5.06. The molecule has 0 aliphatic carbocycles. The molecule has 0 bridgehead atoms. The van der Waals surface area contributed by atoms with Gasteiger partial charge in [0, 0.05) is 18.5 Å². The molecule has 15 heavy (non-hydrogen) atoms. The molecule has 3 nitrogen and oxygen atoms in total. The van der Waals surface area contributed by atoms with Crippen molar-refractivity contribution in [3.05, 3.63) is 29.3 Å². The third kappa shape index (κ3) is 3.03. The smallest absolute Gasteiger partial charge is 0.251 e. The van der Waals surface area contributed by atoms with E-state index in [1.807, 2.05) is 0 Å². The van der Waals surface area contributed by atoms with Gasteiger partial charge in [-0.15, -0.1) is 12.3 Å². The Kier molecular flexibility index (Phi) is 3.75. The van der Waals surface area contributed by atoms with Crippen molar-refractivity contribution in [3.8, 4) is 18.1 Å². The minimum Gasteiger partial charge on any atom is -0.508 e. The molecule has 1 aromatic carbocycles. The van der Waals surface area contributed by atoms with Crippen LogP contribution in [-0.2, 0) is 0 Å². The number of phenolic OH excluding ortho intramolecular Hbond substituents is 1. The lowest BCUT2D eigenvalue weighted by Gasteiger charge is -2.04. The third-order valence-electron chi connectivity index (χ3n) is 2.03. The van der Waals surface area contributed by atoms with E-state index in [4.69, 9.17) is 6.42 Å². The topological polar surface area (TPSA) is 49.3 Å². The van der Waals surface area contributed by atoms with E-state index < -0.39 is 0 Å². The zero-order valence-electron chi connectivity index (χ0n) is 8.58.